The van der Waals surface area contributed by atoms with E-state index in [1.807, 2.05) is 6.07 Å². The van der Waals surface area contributed by atoms with E-state index >= 15 is 0 Å². The Hall–Kier alpha value is -2.72. The molecule has 2 aromatic carbocycles. The van der Waals surface area contributed by atoms with Crippen molar-refractivity contribution in [2.45, 2.75) is 17.9 Å². The number of hydrogen-bond donors (Lipinski definition) is 3. The second kappa shape index (κ2) is 8.80. The summed E-state index contributed by atoms with van der Waals surface area (Å²) in [5.74, 6) is 0.663. The van der Waals surface area contributed by atoms with Gasteiger partial charge in [-0.1, -0.05) is 29.8 Å². The van der Waals surface area contributed by atoms with Gasteiger partial charge in [-0.25, -0.2) is 17.7 Å². The summed E-state index contributed by atoms with van der Waals surface area (Å²) in [7, 11) is -0.671. The fraction of sp³-hybridized carbons (Fsp3) is 0.238. The van der Waals surface area contributed by atoms with Gasteiger partial charge in [0.25, 0.3) is 0 Å². The Morgan fingerprint density at radius 3 is 2.71 bits per heavy atom. The number of para-hydroxylation sites is 1. The monoisotopic (exact) mass is 458 g/mol. The molecule has 2 heterocycles. The number of anilines is 4. The van der Waals surface area contributed by atoms with Gasteiger partial charge in [0.1, 0.15) is 9.92 Å². The molecule has 0 atom stereocenters. The molecule has 10 heteroatoms. The Labute approximate surface area is 186 Å². The molecule has 0 radical (unpaired) electrons. The lowest BCUT2D eigenvalue weighted by molar-refractivity contribution is 0.521. The highest BCUT2D eigenvalue weighted by Crippen LogP contribution is 2.30. The van der Waals surface area contributed by atoms with Crippen molar-refractivity contribution in [1.29, 1.82) is 0 Å². The summed E-state index contributed by atoms with van der Waals surface area (Å²) in [6.07, 6.45) is 2.45. The first kappa shape index (κ1) is 21.5. The lowest BCUT2D eigenvalue weighted by atomic mass is 10.0. The van der Waals surface area contributed by atoms with E-state index < -0.39 is 10.0 Å². The largest absolute Gasteiger partial charge is 0.338 e. The van der Waals surface area contributed by atoms with Crippen LogP contribution in [0.4, 0.5) is 23.1 Å². The lowest BCUT2D eigenvalue weighted by Crippen LogP contribution is -2.23. The van der Waals surface area contributed by atoms with Crippen molar-refractivity contribution in [1.82, 2.24) is 19.6 Å². The lowest BCUT2D eigenvalue weighted by Gasteiger charge is -2.18. The Morgan fingerprint density at radius 2 is 1.90 bits per heavy atom. The number of rotatable bonds is 6. The van der Waals surface area contributed by atoms with E-state index in [4.69, 9.17) is 11.6 Å². The van der Waals surface area contributed by atoms with Gasteiger partial charge >= 0.3 is 0 Å². The van der Waals surface area contributed by atoms with E-state index in [-0.39, 0.29) is 9.92 Å². The van der Waals surface area contributed by atoms with E-state index in [2.05, 4.69) is 38.1 Å². The van der Waals surface area contributed by atoms with Gasteiger partial charge in [-0.15, -0.1) is 0 Å². The highest BCUT2D eigenvalue weighted by molar-refractivity contribution is 7.89. The van der Waals surface area contributed by atoms with Gasteiger partial charge in [0.05, 0.1) is 11.9 Å². The molecule has 1 aliphatic heterocycles. The molecule has 1 aliphatic rings. The maximum absolute atomic E-state index is 12.7. The van der Waals surface area contributed by atoms with Gasteiger partial charge in [0, 0.05) is 26.3 Å². The number of nitrogens with one attached hydrogen (secondary N) is 3. The fourth-order valence-electron chi connectivity index (χ4n) is 3.32. The van der Waals surface area contributed by atoms with Gasteiger partial charge in [-0.05, 0) is 48.4 Å². The third-order valence-electron chi connectivity index (χ3n) is 4.99. The van der Waals surface area contributed by atoms with Crippen LogP contribution >= 0.6 is 11.6 Å². The first-order chi connectivity index (χ1) is 14.8. The number of benzene rings is 2. The molecule has 0 unspecified atom stereocenters. The summed E-state index contributed by atoms with van der Waals surface area (Å²) >= 11 is 6.29. The summed E-state index contributed by atoms with van der Waals surface area (Å²) in [5, 5.41) is 9.88. The van der Waals surface area contributed by atoms with Crippen molar-refractivity contribution < 1.29 is 8.42 Å². The summed E-state index contributed by atoms with van der Waals surface area (Å²) < 4.78 is 26.5. The van der Waals surface area contributed by atoms with E-state index in [1.54, 1.807) is 18.2 Å². The molecule has 0 aliphatic carbocycles. The van der Waals surface area contributed by atoms with Crippen LogP contribution in [0, 0.1) is 0 Å². The Bertz CT molecular complexity index is 1220. The maximum atomic E-state index is 12.7. The predicted octanol–water partition coefficient (Wildman–Crippen LogP) is 3.51. The Balaban J connectivity index is 1.61. The number of fused-ring (bicyclic) bond motifs is 1. The molecule has 162 valence electrons. The van der Waals surface area contributed by atoms with Crippen LogP contribution in [0.1, 0.15) is 11.1 Å². The van der Waals surface area contributed by atoms with E-state index in [0.29, 0.717) is 17.5 Å². The van der Waals surface area contributed by atoms with Crippen molar-refractivity contribution in [3.05, 3.63) is 64.8 Å². The van der Waals surface area contributed by atoms with Gasteiger partial charge in [0.2, 0.25) is 16.0 Å². The van der Waals surface area contributed by atoms with Crippen LogP contribution in [0.3, 0.4) is 0 Å². The molecular formula is C21H23ClN6O2S. The summed E-state index contributed by atoms with van der Waals surface area (Å²) in [5.41, 5.74) is 3.84. The summed E-state index contributed by atoms with van der Waals surface area (Å²) in [6, 6.07) is 12.8. The number of nitrogens with zero attached hydrogens (tertiary/aromatic N) is 3. The van der Waals surface area contributed by atoms with E-state index in [1.165, 1.54) is 37.5 Å². The molecular weight excluding hydrogens is 436 g/mol. The van der Waals surface area contributed by atoms with E-state index in [0.717, 1.165) is 29.5 Å². The van der Waals surface area contributed by atoms with Gasteiger partial charge in [-0.2, -0.15) is 4.98 Å². The third kappa shape index (κ3) is 4.64. The fourth-order valence-corrected chi connectivity index (χ4v) is 4.50. The third-order valence-corrected chi connectivity index (χ3v) is 7.14. The second-order valence-corrected chi connectivity index (χ2v) is 9.86. The van der Waals surface area contributed by atoms with Crippen LogP contribution in [0.5, 0.6) is 0 Å². The zero-order valence-electron chi connectivity index (χ0n) is 17.2. The van der Waals surface area contributed by atoms with E-state index in [9.17, 15) is 8.42 Å². The molecule has 1 aromatic heterocycles. The first-order valence-electron chi connectivity index (χ1n) is 9.75. The van der Waals surface area contributed by atoms with Crippen LogP contribution < -0.4 is 16.0 Å². The molecule has 3 aromatic rings. The quantitative estimate of drug-likeness (QED) is 0.519. The number of aromatic nitrogens is 2. The first-order valence-corrected chi connectivity index (χ1v) is 11.6. The Kier molecular flexibility index (Phi) is 6.10. The molecule has 8 nitrogen and oxygen atoms in total. The van der Waals surface area contributed by atoms with Crippen molar-refractivity contribution in [3.8, 4) is 0 Å². The smallest absolute Gasteiger partial charge is 0.244 e. The molecule has 4 rings (SSSR count). The standard InChI is InChI=1S/C21H23ClN6O2S/c1-28(2)31(29,30)19-6-4-3-5-18(19)26-20-17(22)13-24-21(27-20)25-16-8-7-15-12-23-10-9-14(15)11-16/h3-8,11,13,23H,9-10,12H2,1-2H3,(H2,24,25,26,27). The molecule has 0 spiro atoms. The van der Waals surface area contributed by atoms with Crippen molar-refractivity contribution in [2.75, 3.05) is 31.3 Å². The molecule has 31 heavy (non-hydrogen) atoms. The minimum absolute atomic E-state index is 0.132. The predicted molar refractivity (Wildman–Crippen MR) is 123 cm³/mol. The van der Waals surface area contributed by atoms with Crippen LogP contribution in [0.15, 0.2) is 53.6 Å². The number of halogens is 1. The van der Waals surface area contributed by atoms with Gasteiger partial charge in [0.15, 0.2) is 5.82 Å². The Morgan fingerprint density at radius 1 is 1.10 bits per heavy atom. The highest BCUT2D eigenvalue weighted by Gasteiger charge is 2.21. The highest BCUT2D eigenvalue weighted by atomic mass is 35.5. The number of sulfonamides is 1. The van der Waals surface area contributed by atoms with Crippen molar-refractivity contribution in [3.63, 3.8) is 0 Å². The molecule has 0 amide bonds. The van der Waals surface area contributed by atoms with Gasteiger partial charge in [-0.3, -0.25) is 0 Å². The second-order valence-electron chi connectivity index (χ2n) is 7.33. The number of hydrogen-bond acceptors (Lipinski definition) is 7. The minimum Gasteiger partial charge on any atom is -0.338 e. The van der Waals surface area contributed by atoms with Gasteiger partial charge < -0.3 is 16.0 Å². The van der Waals surface area contributed by atoms with Crippen molar-refractivity contribution >= 4 is 44.8 Å². The summed E-state index contributed by atoms with van der Waals surface area (Å²) in [4.78, 5) is 8.84. The SMILES string of the molecule is CN(C)S(=O)(=O)c1ccccc1Nc1nc(Nc2ccc3c(c2)CCNC3)ncc1Cl. The molecule has 0 bridgehead atoms. The molecule has 3 N–H and O–H groups in total. The maximum Gasteiger partial charge on any atom is 0.244 e. The van der Waals surface area contributed by atoms with Crippen LogP contribution in [0.25, 0.3) is 0 Å². The minimum atomic E-state index is -3.64. The van der Waals surface area contributed by atoms with Crippen molar-refractivity contribution in [2.24, 2.45) is 0 Å². The molecule has 0 fully saturated rings. The molecule has 0 saturated carbocycles. The summed E-state index contributed by atoms with van der Waals surface area (Å²) in [6.45, 7) is 1.83. The zero-order chi connectivity index (χ0) is 22.0. The topological polar surface area (TPSA) is 99.2 Å². The van der Waals surface area contributed by atoms with Crippen LogP contribution in [-0.4, -0.2) is 43.3 Å². The zero-order valence-corrected chi connectivity index (χ0v) is 18.8. The molecule has 0 saturated heterocycles. The van der Waals surface area contributed by atoms with Crippen LogP contribution in [0.2, 0.25) is 5.02 Å². The average molecular weight is 459 g/mol. The normalized spacial score (nSPS) is 13.7. The average Bonchev–Trinajstić information content (AvgIpc) is 2.76. The van der Waals surface area contributed by atoms with Crippen LogP contribution in [-0.2, 0) is 23.0 Å².